The number of nitriles is 1. The Labute approximate surface area is 141 Å². The van der Waals surface area contributed by atoms with Gasteiger partial charge in [0.25, 0.3) is 0 Å². The van der Waals surface area contributed by atoms with E-state index in [1.165, 1.54) is 6.07 Å². The molecule has 0 radical (unpaired) electrons. The molecule has 0 N–H and O–H groups in total. The summed E-state index contributed by atoms with van der Waals surface area (Å²) in [4.78, 5) is 16.1. The van der Waals surface area contributed by atoms with Gasteiger partial charge in [-0.25, -0.2) is 4.39 Å². The van der Waals surface area contributed by atoms with Crippen LogP contribution in [0.2, 0.25) is 0 Å². The zero-order valence-electron chi connectivity index (χ0n) is 13.7. The van der Waals surface area contributed by atoms with Crippen LogP contribution < -0.4 is 4.90 Å². The number of carbonyl (C=O) groups excluding carboxylic acids is 1. The van der Waals surface area contributed by atoms with Crippen LogP contribution in [0.15, 0.2) is 18.2 Å². The van der Waals surface area contributed by atoms with Crippen molar-refractivity contribution in [1.82, 2.24) is 4.90 Å². The molecule has 1 atom stereocenters. The molecule has 1 aromatic carbocycles. The summed E-state index contributed by atoms with van der Waals surface area (Å²) in [7, 11) is 0. The molecular formula is C18H22FN3O2. The number of hydrogen-bond donors (Lipinski definition) is 0. The van der Waals surface area contributed by atoms with E-state index in [1.54, 1.807) is 12.1 Å². The topological polar surface area (TPSA) is 56.6 Å². The highest BCUT2D eigenvalue weighted by Gasteiger charge is 2.24. The van der Waals surface area contributed by atoms with Crippen LogP contribution in [0.25, 0.3) is 0 Å². The van der Waals surface area contributed by atoms with Gasteiger partial charge < -0.3 is 14.5 Å². The molecule has 6 heteroatoms. The number of ether oxygens (including phenoxy) is 1. The Morgan fingerprint density at radius 2 is 2.12 bits per heavy atom. The van der Waals surface area contributed by atoms with Crippen LogP contribution >= 0.6 is 0 Å². The molecule has 2 aliphatic heterocycles. The summed E-state index contributed by atoms with van der Waals surface area (Å²) in [5, 5.41) is 8.81. The van der Waals surface area contributed by atoms with Crippen LogP contribution in [0.4, 0.5) is 10.1 Å². The summed E-state index contributed by atoms with van der Waals surface area (Å²) in [6.45, 7) is 4.04. The molecule has 1 aromatic rings. The van der Waals surface area contributed by atoms with E-state index in [2.05, 4.69) is 0 Å². The zero-order chi connectivity index (χ0) is 16.9. The monoisotopic (exact) mass is 331 g/mol. The average Bonchev–Trinajstić information content (AvgIpc) is 3.13. The van der Waals surface area contributed by atoms with E-state index in [4.69, 9.17) is 10.00 Å². The Hall–Kier alpha value is -2.13. The van der Waals surface area contributed by atoms with Gasteiger partial charge >= 0.3 is 0 Å². The first kappa shape index (κ1) is 16.7. The Bertz CT molecular complexity index is 630. The van der Waals surface area contributed by atoms with E-state index in [-0.39, 0.29) is 11.7 Å². The van der Waals surface area contributed by atoms with Crippen LogP contribution in [0.1, 0.15) is 24.8 Å². The number of benzene rings is 1. The highest BCUT2D eigenvalue weighted by atomic mass is 19.1. The summed E-state index contributed by atoms with van der Waals surface area (Å²) in [5.41, 5.74) is 0.824. The highest BCUT2D eigenvalue weighted by molar-refractivity contribution is 5.76. The fourth-order valence-corrected chi connectivity index (χ4v) is 3.33. The molecular weight excluding hydrogens is 309 g/mol. The molecule has 0 aliphatic carbocycles. The first-order chi connectivity index (χ1) is 11.7. The SMILES string of the molecule is N#Cc1ccc(N2CCN(C(=O)CCC3CCOC3)CC2)c(F)c1. The van der Waals surface area contributed by atoms with Gasteiger partial charge in [-0.15, -0.1) is 0 Å². The smallest absolute Gasteiger partial charge is 0.222 e. The molecule has 24 heavy (non-hydrogen) atoms. The third kappa shape index (κ3) is 3.85. The lowest BCUT2D eigenvalue weighted by molar-refractivity contribution is -0.131. The summed E-state index contributed by atoms with van der Waals surface area (Å²) >= 11 is 0. The second-order valence-electron chi connectivity index (χ2n) is 6.41. The molecule has 1 amide bonds. The fourth-order valence-electron chi connectivity index (χ4n) is 3.33. The van der Waals surface area contributed by atoms with Crippen molar-refractivity contribution in [2.75, 3.05) is 44.3 Å². The van der Waals surface area contributed by atoms with E-state index >= 15 is 0 Å². The van der Waals surface area contributed by atoms with E-state index in [1.807, 2.05) is 15.9 Å². The Balaban J connectivity index is 1.50. The third-order valence-electron chi connectivity index (χ3n) is 4.84. The number of anilines is 1. The number of piperazine rings is 1. The van der Waals surface area contributed by atoms with Gasteiger partial charge in [-0.1, -0.05) is 0 Å². The second kappa shape index (κ2) is 7.63. The molecule has 2 heterocycles. The molecule has 0 bridgehead atoms. The van der Waals surface area contributed by atoms with Crippen LogP contribution in [0, 0.1) is 23.1 Å². The van der Waals surface area contributed by atoms with Crippen molar-refractivity contribution in [1.29, 1.82) is 5.26 Å². The molecule has 2 aliphatic rings. The first-order valence-electron chi connectivity index (χ1n) is 8.47. The lowest BCUT2D eigenvalue weighted by Crippen LogP contribution is -2.49. The van der Waals surface area contributed by atoms with E-state index in [0.29, 0.717) is 49.8 Å². The van der Waals surface area contributed by atoms with Crippen LogP contribution in [-0.2, 0) is 9.53 Å². The van der Waals surface area contributed by atoms with Crippen LogP contribution in [0.3, 0.4) is 0 Å². The van der Waals surface area contributed by atoms with Gasteiger partial charge in [-0.2, -0.15) is 5.26 Å². The Morgan fingerprint density at radius 3 is 2.75 bits per heavy atom. The molecule has 2 fully saturated rings. The van der Waals surface area contributed by atoms with Gasteiger partial charge in [0.15, 0.2) is 0 Å². The number of rotatable bonds is 4. The fraction of sp³-hybridized carbons (Fsp3) is 0.556. The van der Waals surface area contributed by atoms with Gasteiger partial charge in [-0.3, -0.25) is 4.79 Å². The molecule has 5 nitrogen and oxygen atoms in total. The minimum Gasteiger partial charge on any atom is -0.381 e. The maximum absolute atomic E-state index is 14.1. The maximum Gasteiger partial charge on any atom is 0.222 e. The molecule has 0 saturated carbocycles. The molecule has 1 unspecified atom stereocenters. The summed E-state index contributed by atoms with van der Waals surface area (Å²) < 4.78 is 19.4. The quantitative estimate of drug-likeness (QED) is 0.848. The third-order valence-corrected chi connectivity index (χ3v) is 4.84. The predicted molar refractivity (Wildman–Crippen MR) is 88.1 cm³/mol. The van der Waals surface area contributed by atoms with E-state index in [9.17, 15) is 9.18 Å². The van der Waals surface area contributed by atoms with Crippen molar-refractivity contribution in [3.05, 3.63) is 29.6 Å². The Morgan fingerprint density at radius 1 is 1.33 bits per heavy atom. The lowest BCUT2D eigenvalue weighted by Gasteiger charge is -2.36. The second-order valence-corrected chi connectivity index (χ2v) is 6.41. The number of nitrogens with zero attached hydrogens (tertiary/aromatic N) is 3. The Kier molecular flexibility index (Phi) is 5.31. The number of amides is 1. The maximum atomic E-state index is 14.1. The molecule has 2 saturated heterocycles. The zero-order valence-corrected chi connectivity index (χ0v) is 13.7. The minimum atomic E-state index is -0.380. The van der Waals surface area contributed by atoms with E-state index < -0.39 is 0 Å². The van der Waals surface area contributed by atoms with Gasteiger partial charge in [0, 0.05) is 45.8 Å². The molecule has 3 rings (SSSR count). The lowest BCUT2D eigenvalue weighted by atomic mass is 10.0. The molecule has 0 aromatic heterocycles. The van der Waals surface area contributed by atoms with Crippen molar-refractivity contribution in [3.63, 3.8) is 0 Å². The summed E-state index contributed by atoms with van der Waals surface area (Å²) in [6.07, 6.45) is 2.52. The van der Waals surface area contributed by atoms with Gasteiger partial charge in [0.1, 0.15) is 5.82 Å². The molecule has 0 spiro atoms. The van der Waals surface area contributed by atoms with Gasteiger partial charge in [0.05, 0.1) is 17.3 Å². The van der Waals surface area contributed by atoms with Crippen LogP contribution in [0.5, 0.6) is 0 Å². The first-order valence-corrected chi connectivity index (χ1v) is 8.47. The largest absolute Gasteiger partial charge is 0.381 e. The van der Waals surface area contributed by atoms with Crippen LogP contribution in [-0.4, -0.2) is 50.2 Å². The predicted octanol–water partition coefficient (Wildman–Crippen LogP) is 2.16. The average molecular weight is 331 g/mol. The van der Waals surface area contributed by atoms with Crippen molar-refractivity contribution in [2.45, 2.75) is 19.3 Å². The van der Waals surface area contributed by atoms with Crippen molar-refractivity contribution in [2.24, 2.45) is 5.92 Å². The number of carbonyl (C=O) groups is 1. The molecule has 128 valence electrons. The van der Waals surface area contributed by atoms with Crippen molar-refractivity contribution < 1.29 is 13.9 Å². The van der Waals surface area contributed by atoms with E-state index in [0.717, 1.165) is 26.1 Å². The van der Waals surface area contributed by atoms with Gasteiger partial charge in [0.2, 0.25) is 5.91 Å². The standard InChI is InChI=1S/C18H22FN3O2/c19-16-11-15(12-20)1-3-17(16)21-6-8-22(9-7-21)18(23)4-2-14-5-10-24-13-14/h1,3,11,14H,2,4-10,13H2. The summed E-state index contributed by atoms with van der Waals surface area (Å²) in [6, 6.07) is 6.47. The highest BCUT2D eigenvalue weighted by Crippen LogP contribution is 2.23. The van der Waals surface area contributed by atoms with Crippen molar-refractivity contribution in [3.8, 4) is 6.07 Å². The van der Waals surface area contributed by atoms with Gasteiger partial charge in [-0.05, 0) is 37.0 Å². The summed E-state index contributed by atoms with van der Waals surface area (Å²) in [5.74, 6) is 0.319. The van der Waals surface area contributed by atoms with Crippen molar-refractivity contribution >= 4 is 11.6 Å². The number of hydrogen-bond acceptors (Lipinski definition) is 4. The normalized spacial score (nSPS) is 20.9. The minimum absolute atomic E-state index is 0.182. The number of halogens is 1.